The van der Waals surface area contributed by atoms with E-state index in [4.69, 9.17) is 4.74 Å². The number of pyridine rings is 1. The maximum Gasteiger partial charge on any atom is 0.573 e. The quantitative estimate of drug-likeness (QED) is 0.738. The summed E-state index contributed by atoms with van der Waals surface area (Å²) in [7, 11) is 1.48. The van der Waals surface area contributed by atoms with Gasteiger partial charge in [0, 0.05) is 13.3 Å². The van der Waals surface area contributed by atoms with Crippen LogP contribution in [0.15, 0.2) is 42.7 Å². The van der Waals surface area contributed by atoms with Gasteiger partial charge in [0.2, 0.25) is 0 Å². The zero-order chi connectivity index (χ0) is 16.4. The number of hydrogen-bond acceptors (Lipinski definition) is 4. The number of fused-ring (bicyclic) bond motifs is 1. The van der Waals surface area contributed by atoms with Crippen molar-refractivity contribution in [2.75, 3.05) is 7.11 Å². The lowest BCUT2D eigenvalue weighted by molar-refractivity contribution is -0.274. The molecular weight excluding hydrogens is 311 g/mol. The molecule has 0 atom stereocenters. The zero-order valence-electron chi connectivity index (χ0n) is 12.0. The Kier molecular flexibility index (Phi) is 3.91. The van der Waals surface area contributed by atoms with Gasteiger partial charge in [-0.3, -0.25) is 0 Å². The number of benzene rings is 1. The van der Waals surface area contributed by atoms with Crippen LogP contribution in [-0.2, 0) is 11.3 Å². The van der Waals surface area contributed by atoms with Crippen molar-refractivity contribution in [3.63, 3.8) is 0 Å². The molecule has 0 aliphatic carbocycles. The first-order valence-corrected chi connectivity index (χ1v) is 6.64. The second-order valence-electron chi connectivity index (χ2n) is 4.82. The third-order valence-corrected chi connectivity index (χ3v) is 3.22. The van der Waals surface area contributed by atoms with Crippen LogP contribution in [0, 0.1) is 0 Å². The predicted molar refractivity (Wildman–Crippen MR) is 75.8 cm³/mol. The summed E-state index contributed by atoms with van der Waals surface area (Å²) in [4.78, 5) is 0. The van der Waals surface area contributed by atoms with Crippen LogP contribution < -0.4 is 4.74 Å². The second kappa shape index (κ2) is 5.88. The standard InChI is InChI=1S/C15H12F3N3O2/c1-22-9-11-7-13(23-15(16,17)18)2-3-14(11)10-4-5-21-12(6-10)8-19-20-21/h2-8H,9H2,1H3. The van der Waals surface area contributed by atoms with Gasteiger partial charge in [0.1, 0.15) is 5.75 Å². The SMILES string of the molecule is COCc1cc(OC(F)(F)F)ccc1-c1ccn2nncc2c1. The van der Waals surface area contributed by atoms with Gasteiger partial charge in [0.05, 0.1) is 18.3 Å². The van der Waals surface area contributed by atoms with Crippen molar-refractivity contribution in [3.05, 3.63) is 48.3 Å². The number of rotatable bonds is 4. The third-order valence-electron chi connectivity index (χ3n) is 3.22. The molecule has 3 aromatic rings. The number of alkyl halides is 3. The van der Waals surface area contributed by atoms with Gasteiger partial charge in [-0.1, -0.05) is 11.3 Å². The van der Waals surface area contributed by atoms with Crippen molar-refractivity contribution in [1.29, 1.82) is 0 Å². The molecule has 0 spiro atoms. The van der Waals surface area contributed by atoms with Crippen molar-refractivity contribution in [3.8, 4) is 16.9 Å². The van der Waals surface area contributed by atoms with Crippen molar-refractivity contribution in [2.24, 2.45) is 0 Å². The Morgan fingerprint density at radius 3 is 2.74 bits per heavy atom. The van der Waals surface area contributed by atoms with Crippen molar-refractivity contribution in [1.82, 2.24) is 14.8 Å². The Morgan fingerprint density at radius 2 is 2.00 bits per heavy atom. The molecule has 0 saturated heterocycles. The predicted octanol–water partition coefficient (Wildman–Crippen LogP) is 3.44. The van der Waals surface area contributed by atoms with Crippen molar-refractivity contribution >= 4 is 5.52 Å². The molecule has 0 aliphatic rings. The molecule has 3 rings (SSSR count). The molecule has 0 unspecified atom stereocenters. The van der Waals surface area contributed by atoms with Gasteiger partial charge < -0.3 is 9.47 Å². The molecule has 2 heterocycles. The lowest BCUT2D eigenvalue weighted by Gasteiger charge is -2.14. The van der Waals surface area contributed by atoms with Crippen LogP contribution in [0.25, 0.3) is 16.6 Å². The fourth-order valence-corrected chi connectivity index (χ4v) is 2.32. The Bertz CT molecular complexity index is 830. The maximum absolute atomic E-state index is 12.4. The average Bonchev–Trinajstić information content (AvgIpc) is 2.93. The number of aromatic nitrogens is 3. The normalized spacial score (nSPS) is 11.8. The lowest BCUT2D eigenvalue weighted by atomic mass is 10.0. The first-order chi connectivity index (χ1) is 11.0. The van der Waals surface area contributed by atoms with Gasteiger partial charge in [-0.15, -0.1) is 18.3 Å². The zero-order valence-corrected chi connectivity index (χ0v) is 12.0. The van der Waals surface area contributed by atoms with Gasteiger partial charge in [0.15, 0.2) is 0 Å². The molecule has 0 radical (unpaired) electrons. The van der Waals surface area contributed by atoms with Gasteiger partial charge in [-0.2, -0.15) is 0 Å². The molecule has 0 N–H and O–H groups in total. The van der Waals surface area contributed by atoms with E-state index in [0.29, 0.717) is 5.56 Å². The van der Waals surface area contributed by atoms with Crippen LogP contribution in [0.5, 0.6) is 5.75 Å². The van der Waals surface area contributed by atoms with Crippen LogP contribution >= 0.6 is 0 Å². The Hall–Kier alpha value is -2.61. The molecular formula is C15H12F3N3O2. The van der Waals surface area contributed by atoms with Crippen LogP contribution in [0.1, 0.15) is 5.56 Å². The minimum Gasteiger partial charge on any atom is -0.406 e. The first-order valence-electron chi connectivity index (χ1n) is 6.64. The number of nitrogens with zero attached hydrogens (tertiary/aromatic N) is 3. The van der Waals surface area contributed by atoms with E-state index in [1.54, 1.807) is 29.0 Å². The van der Waals surface area contributed by atoms with E-state index in [1.165, 1.54) is 19.2 Å². The van der Waals surface area contributed by atoms with E-state index in [2.05, 4.69) is 15.0 Å². The fourth-order valence-electron chi connectivity index (χ4n) is 2.32. The molecule has 0 bridgehead atoms. The molecule has 0 fully saturated rings. The molecule has 0 aliphatic heterocycles. The number of halogens is 3. The highest BCUT2D eigenvalue weighted by Crippen LogP contribution is 2.31. The lowest BCUT2D eigenvalue weighted by Crippen LogP contribution is -2.17. The molecule has 23 heavy (non-hydrogen) atoms. The van der Waals surface area contributed by atoms with Crippen LogP contribution in [0.3, 0.4) is 0 Å². The molecule has 8 heteroatoms. The summed E-state index contributed by atoms with van der Waals surface area (Å²) in [5.41, 5.74) is 2.95. The van der Waals surface area contributed by atoms with Crippen LogP contribution in [0.4, 0.5) is 13.2 Å². The van der Waals surface area contributed by atoms with E-state index in [1.807, 2.05) is 6.07 Å². The van der Waals surface area contributed by atoms with E-state index < -0.39 is 6.36 Å². The van der Waals surface area contributed by atoms with Gasteiger partial charge >= 0.3 is 6.36 Å². The minimum absolute atomic E-state index is 0.160. The average molecular weight is 323 g/mol. The fraction of sp³-hybridized carbons (Fsp3) is 0.200. The van der Waals surface area contributed by atoms with Crippen molar-refractivity contribution in [2.45, 2.75) is 13.0 Å². The van der Waals surface area contributed by atoms with E-state index >= 15 is 0 Å². The maximum atomic E-state index is 12.4. The number of hydrogen-bond donors (Lipinski definition) is 0. The number of methoxy groups -OCH3 is 1. The Labute approximate surface area is 129 Å². The summed E-state index contributed by atoms with van der Waals surface area (Å²) in [6.07, 6.45) is -1.40. The second-order valence-corrected chi connectivity index (χ2v) is 4.82. The van der Waals surface area contributed by atoms with E-state index in [0.717, 1.165) is 16.6 Å². The van der Waals surface area contributed by atoms with Gasteiger partial charge in [-0.05, 0) is 41.0 Å². The summed E-state index contributed by atoms with van der Waals surface area (Å²) in [6, 6.07) is 7.83. The van der Waals surface area contributed by atoms with E-state index in [-0.39, 0.29) is 12.4 Å². The Balaban J connectivity index is 2.03. The summed E-state index contributed by atoms with van der Waals surface area (Å²) in [5, 5.41) is 7.66. The number of ether oxygens (including phenoxy) is 2. The first kappa shape index (κ1) is 15.3. The summed E-state index contributed by atoms with van der Waals surface area (Å²) < 4.78 is 47.7. The molecule has 0 amide bonds. The van der Waals surface area contributed by atoms with Gasteiger partial charge in [-0.25, -0.2) is 4.52 Å². The highest BCUT2D eigenvalue weighted by molar-refractivity contribution is 5.71. The highest BCUT2D eigenvalue weighted by atomic mass is 19.4. The molecule has 120 valence electrons. The topological polar surface area (TPSA) is 48.7 Å². The largest absolute Gasteiger partial charge is 0.573 e. The summed E-state index contributed by atoms with van der Waals surface area (Å²) in [5.74, 6) is -0.277. The summed E-state index contributed by atoms with van der Waals surface area (Å²) >= 11 is 0. The Morgan fingerprint density at radius 1 is 1.17 bits per heavy atom. The molecule has 0 saturated carbocycles. The van der Waals surface area contributed by atoms with E-state index in [9.17, 15) is 13.2 Å². The van der Waals surface area contributed by atoms with Gasteiger partial charge in [0.25, 0.3) is 0 Å². The highest BCUT2D eigenvalue weighted by Gasteiger charge is 2.31. The molecule has 5 nitrogen and oxygen atoms in total. The van der Waals surface area contributed by atoms with Crippen LogP contribution in [0.2, 0.25) is 0 Å². The summed E-state index contributed by atoms with van der Waals surface area (Å²) in [6.45, 7) is 0.160. The smallest absolute Gasteiger partial charge is 0.406 e. The third kappa shape index (κ3) is 3.42. The molecule has 1 aromatic carbocycles. The molecule has 2 aromatic heterocycles. The minimum atomic E-state index is -4.73. The monoisotopic (exact) mass is 323 g/mol. The van der Waals surface area contributed by atoms with Crippen molar-refractivity contribution < 1.29 is 22.6 Å². The van der Waals surface area contributed by atoms with Crippen LogP contribution in [-0.4, -0.2) is 28.3 Å².